The van der Waals surface area contributed by atoms with Crippen LogP contribution in [0, 0.1) is 0 Å². The van der Waals surface area contributed by atoms with Gasteiger partial charge in [0.2, 0.25) is 0 Å². The Morgan fingerprint density at radius 3 is 2.74 bits per heavy atom. The SMILES string of the molecule is O=C(C=Cc1ccccc1Cl)c1cccc(N2CCOC2=O)c1. The maximum absolute atomic E-state index is 12.3. The van der Waals surface area contributed by atoms with Crippen molar-refractivity contribution >= 4 is 35.2 Å². The third kappa shape index (κ3) is 3.43. The van der Waals surface area contributed by atoms with Crippen LogP contribution in [-0.4, -0.2) is 25.0 Å². The molecule has 0 spiro atoms. The fraction of sp³-hybridized carbons (Fsp3) is 0.111. The molecule has 0 aliphatic carbocycles. The van der Waals surface area contributed by atoms with Gasteiger partial charge in [0.25, 0.3) is 0 Å². The second-order valence-electron chi connectivity index (χ2n) is 5.04. The molecule has 0 radical (unpaired) electrons. The first-order valence-corrected chi connectivity index (χ1v) is 7.54. The standard InChI is InChI=1S/C18H14ClNO3/c19-16-7-2-1-4-13(16)8-9-17(21)14-5-3-6-15(12-14)20-10-11-23-18(20)22/h1-9,12H,10-11H2. The zero-order chi connectivity index (χ0) is 16.2. The van der Waals surface area contributed by atoms with Crippen molar-refractivity contribution in [1.82, 2.24) is 0 Å². The van der Waals surface area contributed by atoms with Crippen LogP contribution in [0.2, 0.25) is 5.02 Å². The van der Waals surface area contributed by atoms with Crippen molar-refractivity contribution in [3.8, 4) is 0 Å². The van der Waals surface area contributed by atoms with Crippen molar-refractivity contribution < 1.29 is 14.3 Å². The molecule has 0 unspecified atom stereocenters. The Labute approximate surface area is 138 Å². The van der Waals surface area contributed by atoms with E-state index in [1.54, 1.807) is 36.4 Å². The average Bonchev–Trinajstić information content (AvgIpc) is 3.00. The molecule has 5 heteroatoms. The Bertz CT molecular complexity index is 785. The molecule has 1 heterocycles. The number of rotatable bonds is 4. The first-order valence-electron chi connectivity index (χ1n) is 7.16. The molecule has 1 fully saturated rings. The van der Waals surface area contributed by atoms with Gasteiger partial charge in [-0.1, -0.05) is 41.9 Å². The van der Waals surface area contributed by atoms with Crippen molar-refractivity contribution in [2.45, 2.75) is 0 Å². The van der Waals surface area contributed by atoms with E-state index in [-0.39, 0.29) is 11.9 Å². The lowest BCUT2D eigenvalue weighted by atomic mass is 10.1. The molecular weight excluding hydrogens is 314 g/mol. The molecule has 3 rings (SSSR count). The molecule has 4 nitrogen and oxygen atoms in total. The van der Waals surface area contributed by atoms with Crippen molar-refractivity contribution in [3.05, 3.63) is 70.8 Å². The molecule has 1 saturated heterocycles. The molecule has 116 valence electrons. The number of cyclic esters (lactones) is 1. The van der Waals surface area contributed by atoms with Gasteiger partial charge in [0, 0.05) is 16.3 Å². The highest BCUT2D eigenvalue weighted by molar-refractivity contribution is 6.32. The predicted octanol–water partition coefficient (Wildman–Crippen LogP) is 4.19. The van der Waals surface area contributed by atoms with Crippen LogP contribution in [-0.2, 0) is 4.74 Å². The lowest BCUT2D eigenvalue weighted by molar-refractivity contribution is 0.104. The normalized spacial score (nSPS) is 14.3. The van der Waals surface area contributed by atoms with Gasteiger partial charge in [-0.05, 0) is 35.9 Å². The summed E-state index contributed by atoms with van der Waals surface area (Å²) in [6.45, 7) is 0.857. The van der Waals surface area contributed by atoms with Gasteiger partial charge >= 0.3 is 6.09 Å². The highest BCUT2D eigenvalue weighted by Gasteiger charge is 2.23. The highest BCUT2D eigenvalue weighted by atomic mass is 35.5. The lowest BCUT2D eigenvalue weighted by Gasteiger charge is -2.13. The molecule has 0 aromatic heterocycles. The van der Waals surface area contributed by atoms with Gasteiger partial charge in [-0.3, -0.25) is 9.69 Å². The van der Waals surface area contributed by atoms with E-state index in [0.717, 1.165) is 5.56 Å². The number of anilines is 1. The van der Waals surface area contributed by atoms with E-state index in [0.29, 0.717) is 29.4 Å². The maximum atomic E-state index is 12.3. The fourth-order valence-electron chi connectivity index (χ4n) is 2.33. The topological polar surface area (TPSA) is 46.6 Å². The van der Waals surface area contributed by atoms with E-state index in [1.165, 1.54) is 11.0 Å². The fourth-order valence-corrected chi connectivity index (χ4v) is 2.53. The third-order valence-electron chi connectivity index (χ3n) is 3.52. The van der Waals surface area contributed by atoms with E-state index < -0.39 is 0 Å². The van der Waals surface area contributed by atoms with Crippen LogP contribution in [0.25, 0.3) is 6.08 Å². The molecule has 2 aromatic carbocycles. The van der Waals surface area contributed by atoms with Crippen LogP contribution in [0.1, 0.15) is 15.9 Å². The van der Waals surface area contributed by atoms with Crippen molar-refractivity contribution in [3.63, 3.8) is 0 Å². The summed E-state index contributed by atoms with van der Waals surface area (Å²) in [7, 11) is 0. The van der Waals surface area contributed by atoms with Crippen LogP contribution in [0.15, 0.2) is 54.6 Å². The molecule has 1 amide bonds. The molecule has 0 atom stereocenters. The van der Waals surface area contributed by atoms with Gasteiger partial charge in [0.15, 0.2) is 5.78 Å². The molecule has 2 aromatic rings. The van der Waals surface area contributed by atoms with Crippen LogP contribution >= 0.6 is 11.6 Å². The van der Waals surface area contributed by atoms with Gasteiger partial charge in [-0.25, -0.2) is 4.79 Å². The third-order valence-corrected chi connectivity index (χ3v) is 3.87. The Morgan fingerprint density at radius 2 is 2.00 bits per heavy atom. The van der Waals surface area contributed by atoms with Crippen molar-refractivity contribution in [2.24, 2.45) is 0 Å². The van der Waals surface area contributed by atoms with E-state index in [2.05, 4.69) is 0 Å². The average molecular weight is 328 g/mol. The number of amides is 1. The summed E-state index contributed by atoms with van der Waals surface area (Å²) in [6.07, 6.45) is 2.77. The predicted molar refractivity (Wildman–Crippen MR) is 90.0 cm³/mol. The summed E-state index contributed by atoms with van der Waals surface area (Å²) in [5, 5.41) is 0.588. The number of hydrogen-bond donors (Lipinski definition) is 0. The number of ketones is 1. The minimum atomic E-state index is -0.388. The first-order chi connectivity index (χ1) is 11.1. The van der Waals surface area contributed by atoms with Gasteiger partial charge in [-0.2, -0.15) is 0 Å². The van der Waals surface area contributed by atoms with E-state index in [1.807, 2.05) is 18.2 Å². The van der Waals surface area contributed by atoms with Gasteiger partial charge in [0.1, 0.15) is 6.61 Å². The molecule has 0 N–H and O–H groups in total. The van der Waals surface area contributed by atoms with Crippen LogP contribution in [0.4, 0.5) is 10.5 Å². The van der Waals surface area contributed by atoms with Gasteiger partial charge in [0.05, 0.1) is 6.54 Å². The number of benzene rings is 2. The largest absolute Gasteiger partial charge is 0.447 e. The molecule has 0 saturated carbocycles. The Balaban J connectivity index is 1.80. The van der Waals surface area contributed by atoms with Crippen molar-refractivity contribution in [1.29, 1.82) is 0 Å². The number of carbonyl (C=O) groups excluding carboxylic acids is 2. The Kier molecular flexibility index (Phi) is 4.44. The number of ether oxygens (including phenoxy) is 1. The summed E-state index contributed by atoms with van der Waals surface area (Å²) in [5.41, 5.74) is 1.94. The van der Waals surface area contributed by atoms with Crippen LogP contribution in [0.3, 0.4) is 0 Å². The second kappa shape index (κ2) is 6.67. The first kappa shape index (κ1) is 15.3. The van der Waals surface area contributed by atoms with Gasteiger partial charge in [-0.15, -0.1) is 0 Å². The smallest absolute Gasteiger partial charge is 0.414 e. The number of allylic oxidation sites excluding steroid dienone is 1. The molecule has 1 aliphatic rings. The molecule has 23 heavy (non-hydrogen) atoms. The zero-order valence-corrected chi connectivity index (χ0v) is 13.0. The van der Waals surface area contributed by atoms with E-state index >= 15 is 0 Å². The van der Waals surface area contributed by atoms with Gasteiger partial charge < -0.3 is 4.74 Å². The number of carbonyl (C=O) groups is 2. The molecule has 1 aliphatic heterocycles. The monoisotopic (exact) mass is 327 g/mol. The number of nitrogens with zero attached hydrogens (tertiary/aromatic N) is 1. The highest BCUT2D eigenvalue weighted by Crippen LogP contribution is 2.21. The second-order valence-corrected chi connectivity index (χ2v) is 5.44. The minimum Gasteiger partial charge on any atom is -0.447 e. The molecular formula is C18H14ClNO3. The lowest BCUT2D eigenvalue weighted by Crippen LogP contribution is -2.23. The quantitative estimate of drug-likeness (QED) is 0.624. The van der Waals surface area contributed by atoms with Crippen molar-refractivity contribution in [2.75, 3.05) is 18.1 Å². The number of hydrogen-bond acceptors (Lipinski definition) is 3. The zero-order valence-electron chi connectivity index (χ0n) is 12.2. The summed E-state index contributed by atoms with van der Waals surface area (Å²) in [6, 6.07) is 14.2. The van der Waals surface area contributed by atoms with E-state index in [4.69, 9.17) is 16.3 Å². The Hall–Kier alpha value is -2.59. The molecule has 0 bridgehead atoms. The Morgan fingerprint density at radius 1 is 1.17 bits per heavy atom. The minimum absolute atomic E-state index is 0.153. The summed E-state index contributed by atoms with van der Waals surface area (Å²) < 4.78 is 4.91. The summed E-state index contributed by atoms with van der Waals surface area (Å²) in [4.78, 5) is 25.4. The van der Waals surface area contributed by atoms with E-state index in [9.17, 15) is 9.59 Å². The van der Waals surface area contributed by atoms with Crippen LogP contribution in [0.5, 0.6) is 0 Å². The summed E-state index contributed by atoms with van der Waals surface area (Å²) in [5.74, 6) is -0.153. The number of halogens is 1. The summed E-state index contributed by atoms with van der Waals surface area (Å²) >= 11 is 6.06. The maximum Gasteiger partial charge on any atom is 0.414 e. The van der Waals surface area contributed by atoms with Crippen LogP contribution < -0.4 is 4.90 Å².